The molecular formula is C16H19NO2S. The molecule has 2 aromatic carbocycles. The fourth-order valence-corrected chi connectivity index (χ4v) is 2.76. The number of anilines is 1. The summed E-state index contributed by atoms with van der Waals surface area (Å²) >= 11 is 0. The summed E-state index contributed by atoms with van der Waals surface area (Å²) in [6.07, 6.45) is 1.18. The van der Waals surface area contributed by atoms with Gasteiger partial charge in [0.2, 0.25) is 0 Å². The van der Waals surface area contributed by atoms with Crippen molar-refractivity contribution in [2.45, 2.75) is 24.7 Å². The highest BCUT2D eigenvalue weighted by atomic mass is 32.2. The molecule has 0 atom stereocenters. The molecule has 0 saturated carbocycles. The number of hydrogen-bond acceptors (Lipinski definition) is 3. The lowest BCUT2D eigenvalue weighted by Gasteiger charge is -2.11. The van der Waals surface area contributed by atoms with Crippen molar-refractivity contribution in [3.05, 3.63) is 48.0 Å². The summed E-state index contributed by atoms with van der Waals surface area (Å²) in [5, 5.41) is 0. The third kappa shape index (κ3) is 3.02. The molecule has 4 heteroatoms. The third-order valence-electron chi connectivity index (χ3n) is 3.32. The van der Waals surface area contributed by atoms with Crippen LogP contribution >= 0.6 is 0 Å². The second kappa shape index (κ2) is 5.29. The van der Waals surface area contributed by atoms with Crippen LogP contribution in [0.1, 0.15) is 25.3 Å². The van der Waals surface area contributed by atoms with Gasteiger partial charge >= 0.3 is 0 Å². The molecule has 2 aromatic rings. The number of benzene rings is 2. The van der Waals surface area contributed by atoms with Gasteiger partial charge in [0, 0.05) is 17.5 Å². The Hall–Kier alpha value is -1.81. The fourth-order valence-electron chi connectivity index (χ4n) is 2.10. The van der Waals surface area contributed by atoms with E-state index in [1.54, 1.807) is 12.1 Å². The van der Waals surface area contributed by atoms with Crippen LogP contribution in [0.2, 0.25) is 0 Å². The van der Waals surface area contributed by atoms with Crippen molar-refractivity contribution in [2.24, 2.45) is 0 Å². The topological polar surface area (TPSA) is 60.2 Å². The first-order valence-corrected chi connectivity index (χ1v) is 8.38. The number of rotatable bonds is 3. The highest BCUT2D eigenvalue weighted by Crippen LogP contribution is 2.30. The maximum Gasteiger partial charge on any atom is 0.175 e. The molecule has 2 rings (SSSR count). The number of sulfone groups is 1. The van der Waals surface area contributed by atoms with E-state index in [0.29, 0.717) is 11.6 Å². The Morgan fingerprint density at radius 3 is 2.30 bits per heavy atom. The molecule has 0 bridgehead atoms. The van der Waals surface area contributed by atoms with Crippen molar-refractivity contribution in [1.29, 1.82) is 0 Å². The molecule has 2 N–H and O–H groups in total. The summed E-state index contributed by atoms with van der Waals surface area (Å²) in [7, 11) is -3.23. The summed E-state index contributed by atoms with van der Waals surface area (Å²) in [5.41, 5.74) is 9.59. The first-order chi connectivity index (χ1) is 9.29. The van der Waals surface area contributed by atoms with Crippen LogP contribution in [-0.4, -0.2) is 14.7 Å². The van der Waals surface area contributed by atoms with E-state index in [9.17, 15) is 8.42 Å². The zero-order chi connectivity index (χ0) is 14.9. The minimum Gasteiger partial charge on any atom is -0.398 e. The average molecular weight is 289 g/mol. The molecular weight excluding hydrogens is 270 g/mol. The molecule has 0 aromatic heterocycles. The van der Waals surface area contributed by atoms with Crippen LogP contribution in [0.25, 0.3) is 11.1 Å². The van der Waals surface area contributed by atoms with Crippen molar-refractivity contribution < 1.29 is 8.42 Å². The van der Waals surface area contributed by atoms with Crippen molar-refractivity contribution in [2.75, 3.05) is 12.0 Å². The molecule has 0 spiro atoms. The van der Waals surface area contributed by atoms with E-state index < -0.39 is 9.84 Å². The van der Waals surface area contributed by atoms with Gasteiger partial charge in [-0.1, -0.05) is 44.2 Å². The Bertz CT molecular complexity index is 734. The molecule has 20 heavy (non-hydrogen) atoms. The van der Waals surface area contributed by atoms with E-state index in [-0.39, 0.29) is 4.90 Å². The van der Waals surface area contributed by atoms with Crippen LogP contribution in [-0.2, 0) is 9.84 Å². The van der Waals surface area contributed by atoms with E-state index >= 15 is 0 Å². The second-order valence-corrected chi connectivity index (χ2v) is 7.32. The van der Waals surface area contributed by atoms with E-state index in [1.807, 2.05) is 12.1 Å². The van der Waals surface area contributed by atoms with Crippen molar-refractivity contribution in [3.8, 4) is 11.1 Å². The van der Waals surface area contributed by atoms with Crippen molar-refractivity contribution in [3.63, 3.8) is 0 Å². The summed E-state index contributed by atoms with van der Waals surface area (Å²) in [5.74, 6) is 0.437. The number of nitrogens with two attached hydrogens (primary N) is 1. The minimum atomic E-state index is -3.23. The molecule has 0 unspecified atom stereocenters. The molecule has 106 valence electrons. The molecule has 0 radical (unpaired) electrons. The van der Waals surface area contributed by atoms with E-state index in [2.05, 4.69) is 26.0 Å². The van der Waals surface area contributed by atoms with Gasteiger partial charge in [-0.25, -0.2) is 8.42 Å². The minimum absolute atomic E-state index is 0.249. The Labute approximate surface area is 120 Å². The molecule has 3 nitrogen and oxygen atoms in total. The Kier molecular flexibility index (Phi) is 3.86. The summed E-state index contributed by atoms with van der Waals surface area (Å²) in [6, 6.07) is 13.0. The SMILES string of the molecule is CC(C)c1cccc(-c2ccc(S(C)(=O)=O)cc2N)c1. The highest BCUT2D eigenvalue weighted by molar-refractivity contribution is 7.90. The predicted molar refractivity (Wildman–Crippen MR) is 83.5 cm³/mol. The standard InChI is InChI=1S/C16H19NO2S/c1-11(2)12-5-4-6-13(9-12)15-8-7-14(10-16(15)17)20(3,18)19/h4-11H,17H2,1-3H3. The van der Waals surface area contributed by atoms with Gasteiger partial charge in [0.05, 0.1) is 4.90 Å². The summed E-state index contributed by atoms with van der Waals surface area (Å²) in [4.78, 5) is 0.249. The van der Waals surface area contributed by atoms with Gasteiger partial charge in [-0.2, -0.15) is 0 Å². The monoisotopic (exact) mass is 289 g/mol. The molecule has 0 heterocycles. The van der Waals surface area contributed by atoms with E-state index in [4.69, 9.17) is 5.73 Å². The Morgan fingerprint density at radius 2 is 1.75 bits per heavy atom. The summed E-state index contributed by atoms with van der Waals surface area (Å²) < 4.78 is 23.0. The van der Waals surface area contributed by atoms with Crippen LogP contribution in [0, 0.1) is 0 Å². The fraction of sp³-hybridized carbons (Fsp3) is 0.250. The maximum absolute atomic E-state index is 11.5. The third-order valence-corrected chi connectivity index (χ3v) is 4.43. The van der Waals surface area contributed by atoms with Gasteiger partial charge in [0.1, 0.15) is 0 Å². The van der Waals surface area contributed by atoms with Gasteiger partial charge in [0.25, 0.3) is 0 Å². The number of hydrogen-bond donors (Lipinski definition) is 1. The van der Waals surface area contributed by atoms with Crippen LogP contribution < -0.4 is 5.73 Å². The lowest BCUT2D eigenvalue weighted by molar-refractivity contribution is 0.602. The van der Waals surface area contributed by atoms with E-state index in [0.717, 1.165) is 11.1 Å². The quantitative estimate of drug-likeness (QED) is 0.880. The first-order valence-electron chi connectivity index (χ1n) is 6.49. The van der Waals surface area contributed by atoms with E-state index in [1.165, 1.54) is 17.9 Å². The van der Waals surface area contributed by atoms with Crippen LogP contribution in [0.4, 0.5) is 5.69 Å². The van der Waals surface area contributed by atoms with Crippen molar-refractivity contribution in [1.82, 2.24) is 0 Å². The van der Waals surface area contributed by atoms with Gasteiger partial charge in [-0.15, -0.1) is 0 Å². The Morgan fingerprint density at radius 1 is 1.05 bits per heavy atom. The molecule has 0 aliphatic rings. The van der Waals surface area contributed by atoms with Gasteiger partial charge in [-0.05, 0) is 29.2 Å². The maximum atomic E-state index is 11.5. The lowest BCUT2D eigenvalue weighted by atomic mass is 9.97. The molecule has 0 fully saturated rings. The Balaban J connectivity index is 2.51. The molecule has 0 amide bonds. The number of nitrogen functional groups attached to an aromatic ring is 1. The second-order valence-electron chi connectivity index (χ2n) is 5.30. The first kappa shape index (κ1) is 14.6. The largest absolute Gasteiger partial charge is 0.398 e. The van der Waals surface area contributed by atoms with Gasteiger partial charge in [0.15, 0.2) is 9.84 Å². The van der Waals surface area contributed by atoms with Crippen LogP contribution in [0.5, 0.6) is 0 Å². The zero-order valence-electron chi connectivity index (χ0n) is 11.9. The lowest BCUT2D eigenvalue weighted by Crippen LogP contribution is -1.99. The summed E-state index contributed by atoms with van der Waals surface area (Å²) in [6.45, 7) is 4.27. The van der Waals surface area contributed by atoms with Crippen LogP contribution in [0.15, 0.2) is 47.4 Å². The van der Waals surface area contributed by atoms with Gasteiger partial charge < -0.3 is 5.73 Å². The predicted octanol–water partition coefficient (Wildman–Crippen LogP) is 3.46. The highest BCUT2D eigenvalue weighted by Gasteiger charge is 2.11. The van der Waals surface area contributed by atoms with Crippen molar-refractivity contribution >= 4 is 15.5 Å². The average Bonchev–Trinajstić information content (AvgIpc) is 2.37. The molecule has 0 aliphatic heterocycles. The van der Waals surface area contributed by atoms with Gasteiger partial charge in [-0.3, -0.25) is 0 Å². The molecule has 0 saturated heterocycles. The smallest absolute Gasteiger partial charge is 0.175 e. The zero-order valence-corrected chi connectivity index (χ0v) is 12.7. The normalized spacial score (nSPS) is 11.8. The van der Waals surface area contributed by atoms with Crippen LogP contribution in [0.3, 0.4) is 0 Å². The molecule has 0 aliphatic carbocycles.